The van der Waals surface area contributed by atoms with E-state index >= 15 is 0 Å². The van der Waals surface area contributed by atoms with E-state index in [4.69, 9.17) is 4.74 Å². The van der Waals surface area contributed by atoms with Crippen molar-refractivity contribution in [3.05, 3.63) is 0 Å². The maximum absolute atomic E-state index is 5.03. The van der Waals surface area contributed by atoms with E-state index < -0.39 is 0 Å². The van der Waals surface area contributed by atoms with Gasteiger partial charge in [-0.05, 0) is 45.8 Å². The molecule has 0 aliphatic carbocycles. The molecule has 0 aromatic rings. The van der Waals surface area contributed by atoms with Gasteiger partial charge in [0.25, 0.3) is 0 Å². The third kappa shape index (κ3) is 4.94. The average molecular weight is 200 g/mol. The maximum Gasteiger partial charge on any atom is 0.0474 e. The van der Waals surface area contributed by atoms with E-state index in [9.17, 15) is 0 Å². The molecule has 0 aromatic carbocycles. The molecule has 0 spiro atoms. The molecule has 1 N–H and O–H groups in total. The molecule has 1 rings (SSSR count). The van der Waals surface area contributed by atoms with Crippen molar-refractivity contribution in [2.75, 3.05) is 40.4 Å². The van der Waals surface area contributed by atoms with Gasteiger partial charge in [-0.1, -0.05) is 0 Å². The van der Waals surface area contributed by atoms with Crippen LogP contribution in [0.2, 0.25) is 0 Å². The summed E-state index contributed by atoms with van der Waals surface area (Å²) in [5, 5.41) is 3.53. The number of methoxy groups -OCH3 is 1. The number of rotatable bonds is 7. The van der Waals surface area contributed by atoms with Crippen LogP contribution in [0.15, 0.2) is 0 Å². The Morgan fingerprint density at radius 3 is 2.93 bits per heavy atom. The highest BCUT2D eigenvalue weighted by Crippen LogP contribution is 2.08. The molecule has 1 saturated heterocycles. The van der Waals surface area contributed by atoms with Gasteiger partial charge >= 0.3 is 0 Å². The Hall–Kier alpha value is -0.120. The highest BCUT2D eigenvalue weighted by Gasteiger charge is 2.13. The SMILES string of the molecule is COCCCN(C)CCC1CCCN1. The second-order valence-corrected chi connectivity index (χ2v) is 4.23. The smallest absolute Gasteiger partial charge is 0.0474 e. The molecule has 3 heteroatoms. The van der Waals surface area contributed by atoms with Crippen LogP contribution < -0.4 is 5.32 Å². The zero-order valence-corrected chi connectivity index (χ0v) is 9.59. The molecule has 84 valence electrons. The Morgan fingerprint density at radius 1 is 1.43 bits per heavy atom. The van der Waals surface area contributed by atoms with Crippen LogP contribution in [-0.4, -0.2) is 51.3 Å². The molecule has 0 aromatic heterocycles. The number of nitrogens with one attached hydrogen (secondary N) is 1. The Labute approximate surface area is 87.8 Å². The van der Waals surface area contributed by atoms with Gasteiger partial charge in [0.1, 0.15) is 0 Å². The first-order valence-corrected chi connectivity index (χ1v) is 5.74. The van der Waals surface area contributed by atoms with Crippen LogP contribution in [0.5, 0.6) is 0 Å². The number of hydrogen-bond acceptors (Lipinski definition) is 3. The highest BCUT2D eigenvalue weighted by molar-refractivity contribution is 4.74. The molecule has 0 bridgehead atoms. The molecule has 1 heterocycles. The molecule has 1 aliphatic rings. The van der Waals surface area contributed by atoms with Crippen molar-refractivity contribution in [2.24, 2.45) is 0 Å². The molecular weight excluding hydrogens is 176 g/mol. The fourth-order valence-electron chi connectivity index (χ4n) is 1.97. The predicted octanol–water partition coefficient (Wildman–Crippen LogP) is 1.10. The lowest BCUT2D eigenvalue weighted by Crippen LogP contribution is -2.29. The average Bonchev–Trinajstić information content (AvgIpc) is 2.68. The van der Waals surface area contributed by atoms with E-state index in [1.807, 2.05) is 0 Å². The zero-order chi connectivity index (χ0) is 10.2. The summed E-state index contributed by atoms with van der Waals surface area (Å²) >= 11 is 0. The summed E-state index contributed by atoms with van der Waals surface area (Å²) in [6, 6.07) is 0.778. The Kier molecular flexibility index (Phi) is 6.15. The van der Waals surface area contributed by atoms with Crippen molar-refractivity contribution in [3.8, 4) is 0 Å². The molecule has 3 nitrogen and oxygen atoms in total. The lowest BCUT2D eigenvalue weighted by molar-refractivity contribution is 0.178. The lowest BCUT2D eigenvalue weighted by Gasteiger charge is -2.18. The summed E-state index contributed by atoms with van der Waals surface area (Å²) in [6.45, 7) is 4.46. The van der Waals surface area contributed by atoms with Crippen LogP contribution >= 0.6 is 0 Å². The van der Waals surface area contributed by atoms with Gasteiger partial charge in [-0.3, -0.25) is 0 Å². The number of hydrogen-bond donors (Lipinski definition) is 1. The summed E-state index contributed by atoms with van der Waals surface area (Å²) in [6.07, 6.45) is 5.17. The van der Waals surface area contributed by atoms with Crippen LogP contribution in [0.4, 0.5) is 0 Å². The topological polar surface area (TPSA) is 24.5 Å². The Bertz CT molecular complexity index is 135. The predicted molar refractivity (Wildman–Crippen MR) is 59.6 cm³/mol. The van der Waals surface area contributed by atoms with Crippen LogP contribution in [0.3, 0.4) is 0 Å². The quantitative estimate of drug-likeness (QED) is 0.623. The summed E-state index contributed by atoms with van der Waals surface area (Å²) in [5.74, 6) is 0. The van der Waals surface area contributed by atoms with Gasteiger partial charge in [-0.2, -0.15) is 0 Å². The van der Waals surface area contributed by atoms with E-state index in [-0.39, 0.29) is 0 Å². The van der Waals surface area contributed by atoms with Crippen molar-refractivity contribution < 1.29 is 4.74 Å². The summed E-state index contributed by atoms with van der Waals surface area (Å²) in [7, 11) is 3.97. The number of nitrogens with zero attached hydrogens (tertiary/aromatic N) is 1. The van der Waals surface area contributed by atoms with Crippen molar-refractivity contribution in [1.82, 2.24) is 10.2 Å². The van der Waals surface area contributed by atoms with Crippen LogP contribution in [-0.2, 0) is 4.74 Å². The second kappa shape index (κ2) is 7.21. The molecule has 1 aliphatic heterocycles. The maximum atomic E-state index is 5.03. The fraction of sp³-hybridized carbons (Fsp3) is 1.00. The van der Waals surface area contributed by atoms with Crippen molar-refractivity contribution >= 4 is 0 Å². The molecule has 1 atom stereocenters. The van der Waals surface area contributed by atoms with Gasteiger partial charge in [-0.25, -0.2) is 0 Å². The largest absolute Gasteiger partial charge is 0.385 e. The molecule has 1 fully saturated rings. The normalized spacial score (nSPS) is 22.1. The van der Waals surface area contributed by atoms with Crippen molar-refractivity contribution in [1.29, 1.82) is 0 Å². The first-order chi connectivity index (χ1) is 6.83. The van der Waals surface area contributed by atoms with Gasteiger partial charge in [0, 0.05) is 26.3 Å². The minimum Gasteiger partial charge on any atom is -0.385 e. The second-order valence-electron chi connectivity index (χ2n) is 4.23. The summed E-state index contributed by atoms with van der Waals surface area (Å²) < 4.78 is 5.03. The van der Waals surface area contributed by atoms with Gasteiger partial charge in [0.2, 0.25) is 0 Å². The Balaban J connectivity index is 1.93. The zero-order valence-electron chi connectivity index (χ0n) is 9.59. The summed E-state index contributed by atoms with van der Waals surface area (Å²) in [4.78, 5) is 2.40. The summed E-state index contributed by atoms with van der Waals surface area (Å²) in [5.41, 5.74) is 0. The van der Waals surface area contributed by atoms with E-state index in [2.05, 4.69) is 17.3 Å². The van der Waals surface area contributed by atoms with Crippen molar-refractivity contribution in [3.63, 3.8) is 0 Å². The first-order valence-electron chi connectivity index (χ1n) is 5.74. The first kappa shape index (κ1) is 12.0. The van der Waals surface area contributed by atoms with Crippen LogP contribution in [0, 0.1) is 0 Å². The molecule has 1 unspecified atom stereocenters. The van der Waals surface area contributed by atoms with E-state index in [1.54, 1.807) is 7.11 Å². The van der Waals surface area contributed by atoms with E-state index in [0.717, 1.165) is 25.6 Å². The number of ether oxygens (including phenoxy) is 1. The third-order valence-corrected chi connectivity index (χ3v) is 2.91. The molecule has 14 heavy (non-hydrogen) atoms. The molecule has 0 saturated carbocycles. The van der Waals surface area contributed by atoms with Crippen LogP contribution in [0.25, 0.3) is 0 Å². The van der Waals surface area contributed by atoms with Gasteiger partial charge in [0.15, 0.2) is 0 Å². The molecule has 0 radical (unpaired) electrons. The van der Waals surface area contributed by atoms with E-state index in [0.29, 0.717) is 0 Å². The molecule has 0 amide bonds. The monoisotopic (exact) mass is 200 g/mol. The lowest BCUT2D eigenvalue weighted by atomic mass is 10.1. The van der Waals surface area contributed by atoms with Crippen molar-refractivity contribution in [2.45, 2.75) is 31.7 Å². The third-order valence-electron chi connectivity index (χ3n) is 2.91. The highest BCUT2D eigenvalue weighted by atomic mass is 16.5. The Morgan fingerprint density at radius 2 is 2.29 bits per heavy atom. The van der Waals surface area contributed by atoms with E-state index in [1.165, 1.54) is 32.4 Å². The minimum atomic E-state index is 0.778. The standard InChI is InChI=1S/C11H24N2O/c1-13(8-4-10-14-2)9-6-11-5-3-7-12-11/h11-12H,3-10H2,1-2H3. The van der Waals surface area contributed by atoms with Gasteiger partial charge < -0.3 is 15.0 Å². The fourth-order valence-corrected chi connectivity index (χ4v) is 1.97. The van der Waals surface area contributed by atoms with Crippen LogP contribution in [0.1, 0.15) is 25.7 Å². The minimum absolute atomic E-state index is 0.778. The molecular formula is C11H24N2O. The van der Waals surface area contributed by atoms with Gasteiger partial charge in [0.05, 0.1) is 0 Å². The van der Waals surface area contributed by atoms with Gasteiger partial charge in [-0.15, -0.1) is 0 Å².